The number of nitrogens with two attached hydrogens (primary N) is 1. The molecule has 18 heavy (non-hydrogen) atoms. The van der Waals surface area contributed by atoms with Gasteiger partial charge in [-0.3, -0.25) is 15.6 Å². The molecule has 0 aliphatic carbocycles. The fraction of sp³-hybridized carbons (Fsp3) is 0.500. The Balaban J connectivity index is 2.17. The van der Waals surface area contributed by atoms with Crippen LogP contribution in [0.2, 0.25) is 0 Å². The van der Waals surface area contributed by atoms with Gasteiger partial charge >= 0.3 is 0 Å². The number of carbonyl (C=O) groups excluding carboxylic acids is 1. The van der Waals surface area contributed by atoms with E-state index < -0.39 is 0 Å². The molecule has 0 aromatic carbocycles. The van der Waals surface area contributed by atoms with E-state index in [2.05, 4.69) is 15.7 Å². The minimum atomic E-state index is -0.341. The van der Waals surface area contributed by atoms with Gasteiger partial charge in [-0.25, -0.2) is 0 Å². The van der Waals surface area contributed by atoms with Crippen LogP contribution in [0, 0.1) is 0 Å². The van der Waals surface area contributed by atoms with Crippen LogP contribution in [-0.4, -0.2) is 29.1 Å². The quantitative estimate of drug-likeness (QED) is 0.542. The number of nitrogens with one attached hydrogen (secondary N) is 2. The van der Waals surface area contributed by atoms with E-state index in [0.717, 1.165) is 6.42 Å². The van der Waals surface area contributed by atoms with E-state index in [0.29, 0.717) is 17.9 Å². The van der Waals surface area contributed by atoms with Gasteiger partial charge in [-0.05, 0) is 26.3 Å². The molecule has 4 N–H and O–H groups in total. The predicted octanol–water partition coefficient (Wildman–Crippen LogP) is 0.665. The lowest BCUT2D eigenvalue weighted by molar-refractivity contribution is 0.0728. The molecule has 2 rings (SSSR count). The molecule has 1 saturated heterocycles. The van der Waals surface area contributed by atoms with E-state index in [1.165, 1.54) is 6.20 Å². The van der Waals surface area contributed by atoms with Crippen molar-refractivity contribution < 1.29 is 9.53 Å². The number of anilines is 1. The zero-order chi connectivity index (χ0) is 13.2. The molecule has 0 spiro atoms. The minimum Gasteiger partial charge on any atom is -0.376 e. The Bertz CT molecular complexity index is 451. The third-order valence-corrected chi connectivity index (χ3v) is 3.51. The molecule has 1 fully saturated rings. The molecule has 1 aromatic heterocycles. The van der Waals surface area contributed by atoms with Gasteiger partial charge in [-0.15, -0.1) is 0 Å². The van der Waals surface area contributed by atoms with Gasteiger partial charge in [0.15, 0.2) is 0 Å². The van der Waals surface area contributed by atoms with Crippen molar-refractivity contribution in [2.45, 2.75) is 31.9 Å². The molecule has 6 heteroatoms. The van der Waals surface area contributed by atoms with Crippen LogP contribution in [0.3, 0.4) is 0 Å². The summed E-state index contributed by atoms with van der Waals surface area (Å²) < 4.78 is 5.49. The second-order valence-electron chi connectivity index (χ2n) is 4.70. The number of aromatic nitrogens is 1. The molecule has 2 atom stereocenters. The fourth-order valence-electron chi connectivity index (χ4n) is 2.03. The minimum absolute atomic E-state index is 0.00225. The maximum Gasteiger partial charge on any atom is 0.254 e. The van der Waals surface area contributed by atoms with Crippen LogP contribution >= 0.6 is 0 Å². The molecule has 1 aliphatic heterocycles. The molecule has 0 saturated carbocycles. The van der Waals surface area contributed by atoms with Crippen molar-refractivity contribution in [1.82, 2.24) is 10.3 Å². The first kappa shape index (κ1) is 12.8. The average molecular weight is 250 g/mol. The largest absolute Gasteiger partial charge is 0.376 e. The van der Waals surface area contributed by atoms with Gasteiger partial charge in [0.25, 0.3) is 5.91 Å². The van der Waals surface area contributed by atoms with E-state index in [4.69, 9.17) is 10.6 Å². The first-order valence-electron chi connectivity index (χ1n) is 5.91. The number of carbonyl (C=O) groups is 1. The molecule has 1 aromatic rings. The van der Waals surface area contributed by atoms with Gasteiger partial charge in [-0.1, -0.05) is 0 Å². The lowest BCUT2D eigenvalue weighted by atomic mass is 9.94. The van der Waals surface area contributed by atoms with E-state index in [-0.39, 0.29) is 17.6 Å². The summed E-state index contributed by atoms with van der Waals surface area (Å²) in [5.74, 6) is 5.19. The normalized spacial score (nSPS) is 26.9. The number of hydrogen-bond acceptors (Lipinski definition) is 5. The topological polar surface area (TPSA) is 89.3 Å². The molecule has 1 aliphatic rings. The van der Waals surface area contributed by atoms with E-state index in [9.17, 15) is 4.79 Å². The third kappa shape index (κ3) is 2.30. The number of hydrazine groups is 1. The van der Waals surface area contributed by atoms with E-state index >= 15 is 0 Å². The number of ether oxygens (including phenoxy) is 1. The maximum absolute atomic E-state index is 12.2. The summed E-state index contributed by atoms with van der Waals surface area (Å²) in [5.41, 5.74) is 3.11. The summed E-state index contributed by atoms with van der Waals surface area (Å²) in [6.45, 7) is 4.61. The molecule has 6 nitrogen and oxygen atoms in total. The zero-order valence-electron chi connectivity index (χ0n) is 10.6. The highest BCUT2D eigenvalue weighted by Crippen LogP contribution is 2.26. The average Bonchev–Trinajstić information content (AvgIpc) is 2.69. The van der Waals surface area contributed by atoms with Crippen molar-refractivity contribution in [3.8, 4) is 0 Å². The summed E-state index contributed by atoms with van der Waals surface area (Å²) in [6.07, 6.45) is 3.88. The van der Waals surface area contributed by atoms with Crippen LogP contribution in [-0.2, 0) is 4.74 Å². The van der Waals surface area contributed by atoms with Crippen molar-refractivity contribution in [1.29, 1.82) is 0 Å². The SMILES string of the molecule is CC1OCCC1(C)NC(=O)c1ccncc1NN. The summed E-state index contributed by atoms with van der Waals surface area (Å²) in [4.78, 5) is 16.2. The summed E-state index contributed by atoms with van der Waals surface area (Å²) in [5, 5.41) is 3.01. The van der Waals surface area contributed by atoms with Crippen LogP contribution in [0.15, 0.2) is 18.5 Å². The maximum atomic E-state index is 12.2. The molecule has 2 heterocycles. The Morgan fingerprint density at radius 1 is 1.67 bits per heavy atom. The first-order chi connectivity index (χ1) is 8.57. The number of hydrogen-bond donors (Lipinski definition) is 3. The van der Waals surface area contributed by atoms with Crippen molar-refractivity contribution in [3.63, 3.8) is 0 Å². The summed E-state index contributed by atoms with van der Waals surface area (Å²) >= 11 is 0. The number of nitrogen functional groups attached to an aromatic ring is 1. The highest BCUT2D eigenvalue weighted by Gasteiger charge is 2.38. The van der Waals surface area contributed by atoms with Crippen LogP contribution in [0.5, 0.6) is 0 Å². The Morgan fingerprint density at radius 2 is 2.44 bits per heavy atom. The molecule has 98 valence electrons. The predicted molar refractivity (Wildman–Crippen MR) is 67.9 cm³/mol. The molecule has 1 amide bonds. The molecule has 2 unspecified atom stereocenters. The van der Waals surface area contributed by atoms with Crippen LogP contribution in [0.1, 0.15) is 30.6 Å². The highest BCUT2D eigenvalue weighted by atomic mass is 16.5. The van der Waals surface area contributed by atoms with Gasteiger partial charge in [-0.2, -0.15) is 0 Å². The number of pyridine rings is 1. The standard InChI is InChI=1S/C12H18N4O2/c1-8-12(2,4-6-18-8)15-11(17)9-3-5-14-7-10(9)16-13/h3,5,7-8,16H,4,6,13H2,1-2H3,(H,15,17). The van der Waals surface area contributed by atoms with Crippen molar-refractivity contribution in [2.24, 2.45) is 5.84 Å². The van der Waals surface area contributed by atoms with Crippen molar-refractivity contribution >= 4 is 11.6 Å². The smallest absolute Gasteiger partial charge is 0.254 e. The lowest BCUT2D eigenvalue weighted by Crippen LogP contribution is -2.50. The number of nitrogens with zero attached hydrogens (tertiary/aromatic N) is 1. The number of rotatable bonds is 3. The first-order valence-corrected chi connectivity index (χ1v) is 5.91. The molecule has 0 bridgehead atoms. The highest BCUT2D eigenvalue weighted by molar-refractivity contribution is 5.99. The Labute approximate surface area is 106 Å². The second-order valence-corrected chi connectivity index (χ2v) is 4.70. The monoisotopic (exact) mass is 250 g/mol. The summed E-state index contributed by atoms with van der Waals surface area (Å²) in [7, 11) is 0. The Morgan fingerprint density at radius 3 is 3.06 bits per heavy atom. The van der Waals surface area contributed by atoms with Gasteiger partial charge in [0.2, 0.25) is 0 Å². The Hall–Kier alpha value is -1.66. The molecular weight excluding hydrogens is 232 g/mol. The van der Waals surface area contributed by atoms with Crippen LogP contribution < -0.4 is 16.6 Å². The third-order valence-electron chi connectivity index (χ3n) is 3.51. The van der Waals surface area contributed by atoms with Gasteiger partial charge in [0.05, 0.1) is 29.1 Å². The lowest BCUT2D eigenvalue weighted by Gasteiger charge is -2.29. The van der Waals surface area contributed by atoms with E-state index in [1.807, 2.05) is 13.8 Å². The second kappa shape index (κ2) is 4.91. The van der Waals surface area contributed by atoms with Gasteiger partial charge in [0, 0.05) is 12.8 Å². The van der Waals surface area contributed by atoms with Crippen LogP contribution in [0.25, 0.3) is 0 Å². The van der Waals surface area contributed by atoms with Gasteiger partial charge < -0.3 is 15.5 Å². The Kier molecular flexibility index (Phi) is 3.49. The van der Waals surface area contributed by atoms with Crippen molar-refractivity contribution in [2.75, 3.05) is 12.0 Å². The molecule has 0 radical (unpaired) electrons. The number of amides is 1. The van der Waals surface area contributed by atoms with E-state index in [1.54, 1.807) is 12.3 Å². The van der Waals surface area contributed by atoms with Crippen LogP contribution in [0.4, 0.5) is 5.69 Å². The van der Waals surface area contributed by atoms with Gasteiger partial charge in [0.1, 0.15) is 0 Å². The summed E-state index contributed by atoms with van der Waals surface area (Å²) in [6, 6.07) is 1.63. The van der Waals surface area contributed by atoms with Crippen molar-refractivity contribution in [3.05, 3.63) is 24.0 Å². The molecular formula is C12H18N4O2. The zero-order valence-corrected chi connectivity index (χ0v) is 10.6. The fourth-order valence-corrected chi connectivity index (χ4v) is 2.03.